The second-order valence-corrected chi connectivity index (χ2v) is 8.55. The molecule has 0 unspecified atom stereocenters. The lowest BCUT2D eigenvalue weighted by Crippen LogP contribution is -2.52. The number of rotatable bonds is 9. The largest absolute Gasteiger partial charge is 0.497 e. The maximum absolute atomic E-state index is 13.0. The molecule has 1 N–H and O–H groups in total. The highest BCUT2D eigenvalue weighted by atomic mass is 16.5. The monoisotopic (exact) mass is 439 g/mol. The van der Waals surface area contributed by atoms with Crippen molar-refractivity contribution in [2.45, 2.75) is 45.7 Å². The number of benzene rings is 2. The summed E-state index contributed by atoms with van der Waals surface area (Å²) in [5, 5.41) is 3.18. The molecule has 1 heterocycles. The lowest BCUT2D eigenvalue weighted by atomic mass is 9.97. The Balaban J connectivity index is 1.57. The first-order chi connectivity index (χ1) is 15.5. The van der Waals surface area contributed by atoms with E-state index in [1.165, 1.54) is 5.56 Å². The van der Waals surface area contributed by atoms with Gasteiger partial charge in [-0.2, -0.15) is 0 Å². The van der Waals surface area contributed by atoms with Crippen LogP contribution in [0.15, 0.2) is 42.5 Å². The maximum Gasteiger partial charge on any atom is 0.241 e. The molecule has 1 aliphatic rings. The Morgan fingerprint density at radius 1 is 1.03 bits per heavy atom. The van der Waals surface area contributed by atoms with Gasteiger partial charge in [-0.15, -0.1) is 0 Å². The second-order valence-electron chi connectivity index (χ2n) is 8.55. The molecular weight excluding hydrogens is 402 g/mol. The van der Waals surface area contributed by atoms with E-state index in [1.54, 1.807) is 14.2 Å². The predicted octanol–water partition coefficient (Wildman–Crippen LogP) is 4.36. The zero-order valence-electron chi connectivity index (χ0n) is 20.1. The number of hydrogen-bond acceptors (Lipinski definition) is 5. The highest BCUT2D eigenvalue weighted by molar-refractivity contribution is 5.95. The van der Waals surface area contributed by atoms with Crippen molar-refractivity contribution in [3.63, 3.8) is 0 Å². The Labute approximate surface area is 192 Å². The molecule has 0 bridgehead atoms. The number of anilines is 1. The molecule has 1 amide bonds. The third kappa shape index (κ3) is 5.81. The lowest BCUT2D eigenvalue weighted by Gasteiger charge is -2.37. The molecule has 32 heavy (non-hydrogen) atoms. The SMILES string of the molecule is CC[C@@H](C)c1ccccc1NC(=O)[C@H](C)N1CCN(Cc2cc(OC)ccc2OC)CC1. The molecule has 0 aromatic heterocycles. The number of piperazine rings is 1. The number of nitrogens with one attached hydrogen (secondary N) is 1. The summed E-state index contributed by atoms with van der Waals surface area (Å²) in [6.45, 7) is 10.7. The molecule has 6 heteroatoms. The van der Waals surface area contributed by atoms with Gasteiger partial charge in [0.05, 0.1) is 20.3 Å². The molecule has 3 rings (SSSR count). The molecule has 2 aromatic rings. The number of carbonyl (C=O) groups is 1. The van der Waals surface area contributed by atoms with Crippen LogP contribution in [0, 0.1) is 0 Å². The van der Waals surface area contributed by atoms with Crippen molar-refractivity contribution in [3.8, 4) is 11.5 Å². The van der Waals surface area contributed by atoms with Gasteiger partial charge in [0.1, 0.15) is 11.5 Å². The number of nitrogens with zero attached hydrogens (tertiary/aromatic N) is 2. The fraction of sp³-hybridized carbons (Fsp3) is 0.500. The van der Waals surface area contributed by atoms with Gasteiger partial charge in [-0.1, -0.05) is 32.0 Å². The average molecular weight is 440 g/mol. The fourth-order valence-electron chi connectivity index (χ4n) is 4.22. The molecule has 174 valence electrons. The van der Waals surface area contributed by atoms with Crippen LogP contribution in [-0.4, -0.2) is 62.1 Å². The summed E-state index contributed by atoms with van der Waals surface area (Å²) in [6.07, 6.45) is 1.04. The van der Waals surface area contributed by atoms with Gasteiger partial charge in [0.2, 0.25) is 5.91 Å². The van der Waals surface area contributed by atoms with Crippen molar-refractivity contribution in [1.82, 2.24) is 9.80 Å². The molecule has 6 nitrogen and oxygen atoms in total. The number of para-hydroxylation sites is 1. The van der Waals surface area contributed by atoms with Gasteiger partial charge >= 0.3 is 0 Å². The summed E-state index contributed by atoms with van der Waals surface area (Å²) in [5.74, 6) is 2.19. The first-order valence-corrected chi connectivity index (χ1v) is 11.5. The van der Waals surface area contributed by atoms with Gasteiger partial charge < -0.3 is 14.8 Å². The molecule has 0 spiro atoms. The zero-order chi connectivity index (χ0) is 23.1. The van der Waals surface area contributed by atoms with Crippen molar-refractivity contribution in [3.05, 3.63) is 53.6 Å². The van der Waals surface area contributed by atoms with E-state index in [0.29, 0.717) is 5.92 Å². The summed E-state index contributed by atoms with van der Waals surface area (Å²) in [5.41, 5.74) is 3.25. The van der Waals surface area contributed by atoms with Crippen LogP contribution in [0.2, 0.25) is 0 Å². The van der Waals surface area contributed by atoms with E-state index in [4.69, 9.17) is 9.47 Å². The van der Waals surface area contributed by atoms with Gasteiger partial charge in [-0.25, -0.2) is 0 Å². The van der Waals surface area contributed by atoms with E-state index in [-0.39, 0.29) is 11.9 Å². The quantitative estimate of drug-likeness (QED) is 0.629. The van der Waals surface area contributed by atoms with Crippen molar-refractivity contribution in [2.24, 2.45) is 0 Å². The minimum atomic E-state index is -0.173. The van der Waals surface area contributed by atoms with E-state index in [2.05, 4.69) is 35.0 Å². The Hall–Kier alpha value is -2.57. The molecule has 2 atom stereocenters. The minimum Gasteiger partial charge on any atom is -0.497 e. The third-order valence-corrected chi connectivity index (χ3v) is 6.58. The van der Waals surface area contributed by atoms with Crippen LogP contribution in [0.4, 0.5) is 5.69 Å². The first-order valence-electron chi connectivity index (χ1n) is 11.5. The Kier molecular flexibility index (Phi) is 8.53. The maximum atomic E-state index is 13.0. The Morgan fingerprint density at radius 2 is 1.75 bits per heavy atom. The van der Waals surface area contributed by atoms with Crippen LogP contribution in [-0.2, 0) is 11.3 Å². The molecular formula is C26H37N3O3. The molecule has 0 radical (unpaired) electrons. The summed E-state index contributed by atoms with van der Waals surface area (Å²) in [6, 6.07) is 13.9. The highest BCUT2D eigenvalue weighted by Gasteiger charge is 2.26. The number of hydrogen-bond donors (Lipinski definition) is 1. The van der Waals surface area contributed by atoms with Gasteiger partial charge in [0.15, 0.2) is 0 Å². The third-order valence-electron chi connectivity index (χ3n) is 6.58. The van der Waals surface area contributed by atoms with Crippen molar-refractivity contribution in [1.29, 1.82) is 0 Å². The van der Waals surface area contributed by atoms with Crippen LogP contribution in [0.3, 0.4) is 0 Å². The lowest BCUT2D eigenvalue weighted by molar-refractivity contribution is -0.121. The van der Waals surface area contributed by atoms with Gasteiger partial charge in [-0.05, 0) is 49.1 Å². The fourth-order valence-corrected chi connectivity index (χ4v) is 4.22. The van der Waals surface area contributed by atoms with Crippen LogP contribution in [0.5, 0.6) is 11.5 Å². The van der Waals surface area contributed by atoms with Crippen molar-refractivity contribution >= 4 is 11.6 Å². The van der Waals surface area contributed by atoms with Crippen molar-refractivity contribution < 1.29 is 14.3 Å². The first kappa shape index (κ1) is 24.1. The zero-order valence-corrected chi connectivity index (χ0v) is 20.1. The van der Waals surface area contributed by atoms with E-state index < -0.39 is 0 Å². The summed E-state index contributed by atoms with van der Waals surface area (Å²) >= 11 is 0. The van der Waals surface area contributed by atoms with Crippen LogP contribution >= 0.6 is 0 Å². The van der Waals surface area contributed by atoms with Crippen LogP contribution in [0.25, 0.3) is 0 Å². The van der Waals surface area contributed by atoms with Gasteiger partial charge in [-0.3, -0.25) is 14.6 Å². The number of amides is 1. The van der Waals surface area contributed by atoms with E-state index in [0.717, 1.165) is 61.9 Å². The predicted molar refractivity (Wildman–Crippen MR) is 130 cm³/mol. The Bertz CT molecular complexity index is 894. The van der Waals surface area contributed by atoms with Crippen LogP contribution < -0.4 is 14.8 Å². The molecule has 1 saturated heterocycles. The van der Waals surface area contributed by atoms with Crippen molar-refractivity contribution in [2.75, 3.05) is 45.7 Å². The standard InChI is InChI=1S/C26H37N3O3/c1-6-19(2)23-9-7-8-10-24(23)27-26(30)20(3)29-15-13-28(14-16-29)18-21-17-22(31-4)11-12-25(21)32-5/h7-12,17,19-20H,6,13-16,18H2,1-5H3,(H,27,30)/t19-,20+/m1/s1. The molecule has 0 aliphatic carbocycles. The molecule has 0 saturated carbocycles. The second kappa shape index (κ2) is 11.3. The number of methoxy groups -OCH3 is 2. The number of carbonyl (C=O) groups excluding carboxylic acids is 1. The summed E-state index contributed by atoms with van der Waals surface area (Å²) in [7, 11) is 3.38. The van der Waals surface area contributed by atoms with E-state index in [1.807, 2.05) is 43.3 Å². The van der Waals surface area contributed by atoms with Crippen LogP contribution in [0.1, 0.15) is 44.2 Å². The van der Waals surface area contributed by atoms with Gasteiger partial charge in [0.25, 0.3) is 0 Å². The Morgan fingerprint density at radius 3 is 2.41 bits per heavy atom. The summed E-state index contributed by atoms with van der Waals surface area (Å²) < 4.78 is 10.9. The molecule has 2 aromatic carbocycles. The molecule has 1 aliphatic heterocycles. The average Bonchev–Trinajstić information content (AvgIpc) is 2.83. The highest BCUT2D eigenvalue weighted by Crippen LogP contribution is 2.28. The molecule has 1 fully saturated rings. The van der Waals surface area contributed by atoms with Gasteiger partial charge in [0, 0.05) is 44.0 Å². The van der Waals surface area contributed by atoms with E-state index in [9.17, 15) is 4.79 Å². The topological polar surface area (TPSA) is 54.0 Å². The smallest absolute Gasteiger partial charge is 0.241 e. The van der Waals surface area contributed by atoms with E-state index >= 15 is 0 Å². The normalized spacial score (nSPS) is 16.9. The number of ether oxygens (including phenoxy) is 2. The minimum absolute atomic E-state index is 0.0590. The summed E-state index contributed by atoms with van der Waals surface area (Å²) in [4.78, 5) is 17.7.